The second-order valence-electron chi connectivity index (χ2n) is 10.4. The Bertz CT molecular complexity index is 860. The topological polar surface area (TPSA) is 87.7 Å². The van der Waals surface area contributed by atoms with Gasteiger partial charge in [0, 0.05) is 12.6 Å². The number of carbonyl (C=O) groups excluding carboxylic acids is 3. The predicted octanol–water partition coefficient (Wildman–Crippen LogP) is 5.46. The fraction of sp³-hybridized carbons (Fsp3) is 0.607. The van der Waals surface area contributed by atoms with E-state index in [1.54, 1.807) is 31.7 Å². The molecule has 1 aromatic carbocycles. The van der Waals surface area contributed by atoms with Crippen molar-refractivity contribution in [3.8, 4) is 0 Å². The third kappa shape index (κ3) is 9.74. The van der Waals surface area contributed by atoms with E-state index in [-0.39, 0.29) is 23.8 Å². The standard InChI is InChI=1S/C28H45N3O4/c1-10-14-20(6)29-25(32)24(22-16-13-15-21(12-3)18-22)31(17-11-2)26(33)23(19(4)5)30-27(34)35-28(7,8)9/h12-13,15-16,18-20,23-24H,3,10-11,14,17H2,1-2,4-9H3,(H,29,32)(H,30,34). The lowest BCUT2D eigenvalue weighted by atomic mass is 9.97. The van der Waals surface area contributed by atoms with Gasteiger partial charge >= 0.3 is 6.09 Å². The summed E-state index contributed by atoms with van der Waals surface area (Å²) >= 11 is 0. The molecule has 0 aromatic heterocycles. The van der Waals surface area contributed by atoms with Crippen LogP contribution >= 0.6 is 0 Å². The Morgan fingerprint density at radius 1 is 1.09 bits per heavy atom. The molecule has 0 fully saturated rings. The van der Waals surface area contributed by atoms with Crippen LogP contribution in [0.15, 0.2) is 30.8 Å². The van der Waals surface area contributed by atoms with E-state index in [2.05, 4.69) is 24.1 Å². The molecular weight excluding hydrogens is 442 g/mol. The van der Waals surface area contributed by atoms with Crippen LogP contribution in [0.2, 0.25) is 0 Å². The minimum Gasteiger partial charge on any atom is -0.444 e. The highest BCUT2D eigenvalue weighted by Crippen LogP contribution is 2.26. The van der Waals surface area contributed by atoms with Crippen LogP contribution in [0, 0.1) is 5.92 Å². The quantitative estimate of drug-likeness (QED) is 0.410. The van der Waals surface area contributed by atoms with Crippen LogP contribution in [0.5, 0.6) is 0 Å². The number of ether oxygens (including phenoxy) is 1. The molecule has 1 rings (SSSR count). The average Bonchev–Trinajstić information content (AvgIpc) is 2.75. The zero-order chi connectivity index (χ0) is 26.8. The summed E-state index contributed by atoms with van der Waals surface area (Å²) in [6.07, 6.45) is 3.48. The Morgan fingerprint density at radius 2 is 1.74 bits per heavy atom. The Labute approximate surface area is 211 Å². The molecule has 0 bridgehead atoms. The molecule has 0 spiro atoms. The summed E-state index contributed by atoms with van der Waals surface area (Å²) in [5.41, 5.74) is 0.865. The Hall–Kier alpha value is -2.83. The smallest absolute Gasteiger partial charge is 0.408 e. The number of rotatable bonds is 12. The van der Waals surface area contributed by atoms with E-state index in [0.29, 0.717) is 18.5 Å². The molecule has 7 heteroatoms. The lowest BCUT2D eigenvalue weighted by molar-refractivity contribution is -0.143. The molecule has 0 heterocycles. The van der Waals surface area contributed by atoms with Crippen LogP contribution < -0.4 is 10.6 Å². The second-order valence-corrected chi connectivity index (χ2v) is 10.4. The molecule has 7 nitrogen and oxygen atoms in total. The minimum absolute atomic E-state index is 0.0306. The molecule has 0 aliphatic rings. The van der Waals surface area contributed by atoms with Crippen LogP contribution in [-0.4, -0.2) is 47.0 Å². The number of benzene rings is 1. The summed E-state index contributed by atoms with van der Waals surface area (Å²) in [5.74, 6) is -0.773. The first kappa shape index (κ1) is 30.2. The summed E-state index contributed by atoms with van der Waals surface area (Å²) < 4.78 is 5.40. The fourth-order valence-corrected chi connectivity index (χ4v) is 3.89. The highest BCUT2D eigenvalue weighted by Gasteiger charge is 2.37. The summed E-state index contributed by atoms with van der Waals surface area (Å²) in [6.45, 7) is 19.2. The van der Waals surface area contributed by atoms with Gasteiger partial charge in [0.1, 0.15) is 17.7 Å². The molecule has 35 heavy (non-hydrogen) atoms. The van der Waals surface area contributed by atoms with Crippen LogP contribution in [0.4, 0.5) is 4.79 Å². The highest BCUT2D eigenvalue weighted by molar-refractivity contribution is 5.92. The van der Waals surface area contributed by atoms with Crippen molar-refractivity contribution >= 4 is 24.0 Å². The highest BCUT2D eigenvalue weighted by atomic mass is 16.6. The molecule has 0 saturated heterocycles. The van der Waals surface area contributed by atoms with Crippen molar-refractivity contribution < 1.29 is 19.1 Å². The van der Waals surface area contributed by atoms with Gasteiger partial charge in [-0.05, 0) is 63.6 Å². The van der Waals surface area contributed by atoms with Gasteiger partial charge in [-0.2, -0.15) is 0 Å². The molecular formula is C28H45N3O4. The van der Waals surface area contributed by atoms with E-state index >= 15 is 0 Å². The number of hydrogen-bond acceptors (Lipinski definition) is 4. The number of nitrogens with one attached hydrogen (secondary N) is 2. The van der Waals surface area contributed by atoms with Gasteiger partial charge in [0.2, 0.25) is 11.8 Å². The molecule has 3 atom stereocenters. The van der Waals surface area contributed by atoms with E-state index < -0.39 is 23.8 Å². The van der Waals surface area contributed by atoms with Crippen molar-refractivity contribution in [2.24, 2.45) is 5.92 Å². The number of amides is 3. The molecule has 196 valence electrons. The first-order chi connectivity index (χ1) is 16.3. The molecule has 3 amide bonds. The maximum Gasteiger partial charge on any atom is 0.408 e. The fourth-order valence-electron chi connectivity index (χ4n) is 3.89. The van der Waals surface area contributed by atoms with Gasteiger partial charge in [-0.1, -0.05) is 65.0 Å². The molecule has 2 N–H and O–H groups in total. The summed E-state index contributed by atoms with van der Waals surface area (Å²) in [7, 11) is 0. The van der Waals surface area contributed by atoms with Gasteiger partial charge < -0.3 is 20.3 Å². The Balaban J connectivity index is 3.45. The minimum atomic E-state index is -0.845. The number of alkyl carbamates (subject to hydrolysis) is 1. The Morgan fingerprint density at radius 3 is 2.26 bits per heavy atom. The zero-order valence-electron chi connectivity index (χ0n) is 22.8. The van der Waals surface area contributed by atoms with Gasteiger partial charge in [-0.15, -0.1) is 0 Å². The third-order valence-electron chi connectivity index (χ3n) is 5.49. The third-order valence-corrected chi connectivity index (χ3v) is 5.49. The number of nitrogens with zero attached hydrogens (tertiary/aromatic N) is 1. The van der Waals surface area contributed by atoms with Gasteiger partial charge in [0.05, 0.1) is 0 Å². The van der Waals surface area contributed by atoms with Crippen LogP contribution in [0.25, 0.3) is 6.08 Å². The van der Waals surface area contributed by atoms with Gasteiger partial charge in [0.15, 0.2) is 0 Å². The van der Waals surface area contributed by atoms with E-state index in [1.807, 2.05) is 52.0 Å². The van der Waals surface area contributed by atoms with Crippen molar-refractivity contribution in [1.82, 2.24) is 15.5 Å². The molecule has 0 radical (unpaired) electrons. The average molecular weight is 488 g/mol. The lowest BCUT2D eigenvalue weighted by Gasteiger charge is -2.36. The van der Waals surface area contributed by atoms with Crippen LogP contribution in [-0.2, 0) is 14.3 Å². The Kier molecular flexibility index (Phi) is 12.0. The summed E-state index contributed by atoms with van der Waals surface area (Å²) in [6, 6.07) is 5.77. The van der Waals surface area contributed by atoms with Crippen LogP contribution in [0.1, 0.15) is 91.8 Å². The molecule has 0 aliphatic carbocycles. The van der Waals surface area contributed by atoms with E-state index in [0.717, 1.165) is 18.4 Å². The molecule has 0 aliphatic heterocycles. The normalized spacial score (nSPS) is 14.0. The maximum absolute atomic E-state index is 13.9. The molecule has 0 saturated carbocycles. The molecule has 1 aromatic rings. The molecule has 3 unspecified atom stereocenters. The summed E-state index contributed by atoms with van der Waals surface area (Å²) in [5, 5.41) is 5.82. The van der Waals surface area contributed by atoms with E-state index in [9.17, 15) is 14.4 Å². The van der Waals surface area contributed by atoms with Crippen molar-refractivity contribution in [2.45, 2.75) is 98.4 Å². The maximum atomic E-state index is 13.9. The van der Waals surface area contributed by atoms with Crippen molar-refractivity contribution in [2.75, 3.05) is 6.54 Å². The first-order valence-electron chi connectivity index (χ1n) is 12.7. The van der Waals surface area contributed by atoms with E-state index in [1.165, 1.54) is 0 Å². The van der Waals surface area contributed by atoms with Crippen molar-refractivity contribution in [1.29, 1.82) is 0 Å². The van der Waals surface area contributed by atoms with Gasteiger partial charge in [-0.25, -0.2) is 4.79 Å². The SMILES string of the molecule is C=Cc1cccc(C(C(=O)NC(C)CCC)N(CCC)C(=O)C(NC(=O)OC(C)(C)C)C(C)C)c1. The monoisotopic (exact) mass is 487 g/mol. The van der Waals surface area contributed by atoms with Gasteiger partial charge in [0.25, 0.3) is 0 Å². The van der Waals surface area contributed by atoms with Crippen LogP contribution in [0.3, 0.4) is 0 Å². The summed E-state index contributed by atoms with van der Waals surface area (Å²) in [4.78, 5) is 41.6. The predicted molar refractivity (Wildman–Crippen MR) is 142 cm³/mol. The second kappa shape index (κ2) is 13.9. The van der Waals surface area contributed by atoms with E-state index in [4.69, 9.17) is 4.74 Å². The largest absolute Gasteiger partial charge is 0.444 e. The lowest BCUT2D eigenvalue weighted by Crippen LogP contribution is -2.55. The van der Waals surface area contributed by atoms with Crippen molar-refractivity contribution in [3.63, 3.8) is 0 Å². The van der Waals surface area contributed by atoms with Crippen molar-refractivity contribution in [3.05, 3.63) is 42.0 Å². The number of carbonyl (C=O) groups is 3. The van der Waals surface area contributed by atoms with Gasteiger partial charge in [-0.3, -0.25) is 9.59 Å². The number of hydrogen-bond donors (Lipinski definition) is 2. The zero-order valence-corrected chi connectivity index (χ0v) is 22.8. The first-order valence-corrected chi connectivity index (χ1v) is 12.7.